The maximum absolute atomic E-state index is 2.55. The van der Waals surface area contributed by atoms with Crippen LogP contribution in [0.25, 0.3) is 122 Å². The van der Waals surface area contributed by atoms with Crippen LogP contribution >= 0.6 is 0 Å². The average molecular weight is 919 g/mol. The molecule has 0 saturated heterocycles. The molecule has 0 bridgehead atoms. The maximum atomic E-state index is 2.55. The van der Waals surface area contributed by atoms with Crippen LogP contribution in [-0.2, 0) is 10.8 Å². The van der Waals surface area contributed by atoms with Gasteiger partial charge in [-0.3, -0.25) is 0 Å². The summed E-state index contributed by atoms with van der Waals surface area (Å²) in [7, 11) is 0. The largest absolute Gasteiger partial charge is 0.309 e. The second-order valence-corrected chi connectivity index (χ2v) is 21.2. The first-order chi connectivity index (χ1) is 35.3. The Morgan fingerprint density at radius 3 is 1.00 bits per heavy atom. The van der Waals surface area contributed by atoms with E-state index in [2.05, 4.69) is 267 Å². The van der Waals surface area contributed by atoms with Gasteiger partial charge in [-0.15, -0.1) is 0 Å². The molecule has 0 unspecified atom stereocenters. The van der Waals surface area contributed by atoms with Gasteiger partial charge in [0.25, 0.3) is 0 Å². The topological polar surface area (TPSA) is 9.86 Å². The fourth-order valence-electron chi connectivity index (χ4n) is 13.3. The van der Waals surface area contributed by atoms with Crippen LogP contribution in [0.2, 0.25) is 0 Å². The third-order valence-electron chi connectivity index (χ3n) is 16.7. The van der Waals surface area contributed by atoms with Gasteiger partial charge < -0.3 is 9.13 Å². The molecular formula is C70H50N2. The van der Waals surface area contributed by atoms with Crippen molar-refractivity contribution >= 4 is 21.8 Å². The van der Waals surface area contributed by atoms with E-state index in [1.807, 2.05) is 0 Å². The molecule has 15 rings (SSSR count). The minimum absolute atomic E-state index is 0.0907. The van der Waals surface area contributed by atoms with E-state index in [1.54, 1.807) is 0 Å². The number of fused-ring (bicyclic) bond motifs is 18. The van der Waals surface area contributed by atoms with Crippen molar-refractivity contribution in [3.8, 4) is 101 Å². The Kier molecular flexibility index (Phi) is 8.51. The van der Waals surface area contributed by atoms with Gasteiger partial charge in [-0.1, -0.05) is 210 Å². The van der Waals surface area contributed by atoms with E-state index < -0.39 is 0 Å². The molecule has 3 aliphatic rings. The lowest BCUT2D eigenvalue weighted by atomic mass is 9.81. The van der Waals surface area contributed by atoms with E-state index in [9.17, 15) is 0 Å². The number of hydrogen-bond donors (Lipinski definition) is 0. The molecule has 340 valence electrons. The first kappa shape index (κ1) is 41.1. The fourth-order valence-corrected chi connectivity index (χ4v) is 13.3. The van der Waals surface area contributed by atoms with Crippen molar-refractivity contribution in [2.24, 2.45) is 0 Å². The Balaban J connectivity index is 0.996. The fraction of sp³-hybridized carbons (Fsp3) is 0.0857. The molecule has 0 saturated carbocycles. The van der Waals surface area contributed by atoms with Gasteiger partial charge in [0.2, 0.25) is 0 Å². The predicted octanol–water partition coefficient (Wildman–Crippen LogP) is 18.5. The summed E-state index contributed by atoms with van der Waals surface area (Å²) < 4.78 is 5.09. The van der Waals surface area contributed by atoms with Crippen LogP contribution in [0.1, 0.15) is 49.9 Å². The van der Waals surface area contributed by atoms with Crippen LogP contribution in [0, 0.1) is 0 Å². The van der Waals surface area contributed by atoms with Crippen molar-refractivity contribution in [2.45, 2.75) is 38.5 Å². The van der Waals surface area contributed by atoms with Crippen LogP contribution in [0.4, 0.5) is 0 Å². The second-order valence-electron chi connectivity index (χ2n) is 21.2. The molecule has 2 heteroatoms. The third kappa shape index (κ3) is 5.61. The summed E-state index contributed by atoms with van der Waals surface area (Å²) in [6.45, 7) is 9.48. The molecule has 0 aliphatic heterocycles. The van der Waals surface area contributed by atoms with Gasteiger partial charge >= 0.3 is 0 Å². The molecule has 0 atom stereocenters. The lowest BCUT2D eigenvalue weighted by molar-refractivity contribution is 0.660. The lowest BCUT2D eigenvalue weighted by Crippen LogP contribution is -2.14. The van der Waals surface area contributed by atoms with Crippen LogP contribution < -0.4 is 0 Å². The molecule has 0 radical (unpaired) electrons. The van der Waals surface area contributed by atoms with E-state index >= 15 is 0 Å². The minimum atomic E-state index is -0.0907. The molecule has 10 aromatic carbocycles. The van der Waals surface area contributed by atoms with Crippen molar-refractivity contribution in [1.29, 1.82) is 0 Å². The molecule has 72 heavy (non-hydrogen) atoms. The first-order valence-electron chi connectivity index (χ1n) is 25.4. The SMILES string of the molecule is CC1(C)c2ccccc2-c2ccc(-c3ccc4c5c(n(-c6ccccc6)c4c3)-c3ccccc3-c3c(n(-c4ccccc4)c4cc(-c6ccc7c(c6)C(C)(C)c6ccccc6-7)ccc34)-c3ccccc3-5)cc21. The molecule has 0 amide bonds. The molecule has 0 fully saturated rings. The maximum Gasteiger partial charge on any atom is 0.0625 e. The van der Waals surface area contributed by atoms with Crippen LogP contribution in [0.15, 0.2) is 231 Å². The van der Waals surface area contributed by atoms with Gasteiger partial charge in [0.15, 0.2) is 0 Å². The Morgan fingerprint density at radius 1 is 0.264 bits per heavy atom. The third-order valence-corrected chi connectivity index (χ3v) is 16.7. The molecule has 2 heterocycles. The first-order valence-corrected chi connectivity index (χ1v) is 25.4. The summed E-state index contributed by atoms with van der Waals surface area (Å²) in [6, 6.07) is 86.8. The van der Waals surface area contributed by atoms with Gasteiger partial charge in [-0.25, -0.2) is 0 Å². The molecular weight excluding hydrogens is 869 g/mol. The molecule has 0 spiro atoms. The highest BCUT2D eigenvalue weighted by Gasteiger charge is 2.38. The van der Waals surface area contributed by atoms with Gasteiger partial charge in [0.1, 0.15) is 0 Å². The van der Waals surface area contributed by atoms with Crippen molar-refractivity contribution < 1.29 is 0 Å². The zero-order valence-electron chi connectivity index (χ0n) is 40.8. The minimum Gasteiger partial charge on any atom is -0.309 e. The highest BCUT2D eigenvalue weighted by Crippen LogP contribution is 2.57. The molecule has 12 aromatic rings. The summed E-state index contributed by atoms with van der Waals surface area (Å²) in [4.78, 5) is 0. The quantitative estimate of drug-likeness (QED) is 0.166. The summed E-state index contributed by atoms with van der Waals surface area (Å²) in [5, 5.41) is 2.45. The highest BCUT2D eigenvalue weighted by molar-refractivity contribution is 6.17. The van der Waals surface area contributed by atoms with Gasteiger partial charge in [-0.2, -0.15) is 0 Å². The van der Waals surface area contributed by atoms with Crippen molar-refractivity contribution in [3.63, 3.8) is 0 Å². The zero-order valence-corrected chi connectivity index (χ0v) is 40.8. The average Bonchev–Trinajstić information content (AvgIpc) is 4.09. The monoisotopic (exact) mass is 918 g/mol. The van der Waals surface area contributed by atoms with Crippen molar-refractivity contribution in [3.05, 3.63) is 253 Å². The van der Waals surface area contributed by atoms with E-state index in [0.717, 1.165) is 11.4 Å². The van der Waals surface area contributed by atoms with E-state index in [-0.39, 0.29) is 10.8 Å². The van der Waals surface area contributed by atoms with E-state index in [4.69, 9.17) is 0 Å². The van der Waals surface area contributed by atoms with Crippen LogP contribution in [0.5, 0.6) is 0 Å². The van der Waals surface area contributed by atoms with Gasteiger partial charge in [-0.05, 0) is 126 Å². The zero-order chi connectivity index (χ0) is 48.0. The number of nitrogens with zero attached hydrogens (tertiary/aromatic N) is 2. The molecule has 2 aromatic heterocycles. The Hall–Kier alpha value is -8.72. The van der Waals surface area contributed by atoms with Gasteiger partial charge in [0.05, 0.1) is 22.4 Å². The van der Waals surface area contributed by atoms with E-state index in [1.165, 1.54) is 133 Å². The highest BCUT2D eigenvalue weighted by atomic mass is 15.0. The summed E-state index contributed by atoms with van der Waals surface area (Å²) in [6.07, 6.45) is 0. The Bertz CT molecular complexity index is 3980. The molecule has 0 N–H and O–H groups in total. The summed E-state index contributed by atoms with van der Waals surface area (Å²) >= 11 is 0. The van der Waals surface area contributed by atoms with Gasteiger partial charge in [0, 0.05) is 55.2 Å². The number of benzene rings is 10. The normalized spacial score (nSPS) is 14.1. The summed E-state index contributed by atoms with van der Waals surface area (Å²) in [5.41, 5.74) is 30.0. The number of hydrogen-bond acceptors (Lipinski definition) is 0. The number of rotatable bonds is 4. The molecule has 2 nitrogen and oxygen atoms in total. The van der Waals surface area contributed by atoms with E-state index in [0.29, 0.717) is 0 Å². The molecule has 3 aliphatic carbocycles. The number of para-hydroxylation sites is 2. The Labute approximate surface area is 420 Å². The predicted molar refractivity (Wildman–Crippen MR) is 301 cm³/mol. The summed E-state index contributed by atoms with van der Waals surface area (Å²) in [5.74, 6) is 0. The van der Waals surface area contributed by atoms with Crippen molar-refractivity contribution in [2.75, 3.05) is 0 Å². The number of aromatic nitrogens is 2. The van der Waals surface area contributed by atoms with Crippen molar-refractivity contribution in [1.82, 2.24) is 9.13 Å². The Morgan fingerprint density at radius 2 is 0.583 bits per heavy atom. The van der Waals surface area contributed by atoms with Crippen LogP contribution in [-0.4, -0.2) is 9.13 Å². The second kappa shape index (κ2) is 14.9. The smallest absolute Gasteiger partial charge is 0.0625 e. The standard InChI is InChI=1S/C70H50N2/c1-69(2)59-29-17-15-23-49(59)51-35-31-43(39-61(51)69)45-33-37-57-63(41-45)71(47-19-7-5-8-20-47)67-55-27-13-12-26-54(55)66-58-38-34-46(44-32-36-52-50-24-16-18-30-60(50)70(3,4)62(52)40-44)42-64(58)72(48-21-9-6-10-22-48)68(66)56-28-14-11-25-53(56)65(57)67/h5-42H,1-4H3. The lowest BCUT2D eigenvalue weighted by Gasteiger charge is -2.23. The van der Waals surface area contributed by atoms with Crippen LogP contribution in [0.3, 0.4) is 0 Å².